The van der Waals surface area contributed by atoms with Crippen LogP contribution in [0, 0.1) is 11.2 Å². The van der Waals surface area contributed by atoms with E-state index in [0.29, 0.717) is 5.88 Å². The second-order valence-corrected chi connectivity index (χ2v) is 5.29. The van der Waals surface area contributed by atoms with E-state index in [-0.39, 0.29) is 16.3 Å². The molecule has 0 aliphatic carbocycles. The van der Waals surface area contributed by atoms with E-state index in [2.05, 4.69) is 13.8 Å². The zero-order valence-corrected chi connectivity index (χ0v) is 11.2. The van der Waals surface area contributed by atoms with E-state index >= 15 is 0 Å². The fourth-order valence-corrected chi connectivity index (χ4v) is 2.29. The minimum atomic E-state index is -0.354. The van der Waals surface area contributed by atoms with Crippen molar-refractivity contribution in [2.75, 3.05) is 5.88 Å². The van der Waals surface area contributed by atoms with Crippen molar-refractivity contribution < 1.29 is 4.39 Å². The molecule has 0 bridgehead atoms. The minimum Gasteiger partial charge on any atom is -0.205 e. The Bertz CT molecular complexity index is 352. The van der Waals surface area contributed by atoms with Crippen molar-refractivity contribution in [3.05, 3.63) is 34.6 Å². The van der Waals surface area contributed by atoms with Crippen LogP contribution in [0.1, 0.15) is 32.3 Å². The molecule has 0 amide bonds. The number of alkyl halides is 1. The van der Waals surface area contributed by atoms with E-state index in [1.165, 1.54) is 6.07 Å². The highest BCUT2D eigenvalue weighted by Gasteiger charge is 2.22. The van der Waals surface area contributed by atoms with Crippen LogP contribution in [0.25, 0.3) is 0 Å². The van der Waals surface area contributed by atoms with Crippen molar-refractivity contribution in [2.24, 2.45) is 5.41 Å². The fourth-order valence-electron chi connectivity index (χ4n) is 1.95. The van der Waals surface area contributed by atoms with Gasteiger partial charge in [0.1, 0.15) is 5.82 Å². The van der Waals surface area contributed by atoms with Gasteiger partial charge in [0.15, 0.2) is 0 Å². The van der Waals surface area contributed by atoms with E-state index in [0.717, 1.165) is 24.8 Å². The summed E-state index contributed by atoms with van der Waals surface area (Å²) in [5, 5.41) is 0.173. The second-order valence-electron chi connectivity index (χ2n) is 4.62. The fraction of sp³-hybridized carbons (Fsp3) is 0.538. The first-order valence-electron chi connectivity index (χ1n) is 5.50. The average Bonchev–Trinajstić information content (AvgIpc) is 2.24. The van der Waals surface area contributed by atoms with Gasteiger partial charge in [-0.3, -0.25) is 0 Å². The van der Waals surface area contributed by atoms with Gasteiger partial charge in [-0.05, 0) is 36.0 Å². The minimum absolute atomic E-state index is 0.0383. The van der Waals surface area contributed by atoms with Gasteiger partial charge in [0.05, 0.1) is 5.02 Å². The largest absolute Gasteiger partial charge is 0.205 e. The lowest BCUT2D eigenvalue weighted by atomic mass is 9.81. The van der Waals surface area contributed by atoms with Crippen LogP contribution in [0.5, 0.6) is 0 Å². The quantitative estimate of drug-likeness (QED) is 0.651. The van der Waals surface area contributed by atoms with E-state index in [1.807, 2.05) is 6.07 Å². The summed E-state index contributed by atoms with van der Waals surface area (Å²) in [5.41, 5.74) is 0.995. The molecule has 0 saturated heterocycles. The van der Waals surface area contributed by atoms with Crippen molar-refractivity contribution in [1.82, 2.24) is 0 Å². The van der Waals surface area contributed by atoms with E-state index < -0.39 is 0 Å². The molecule has 3 heteroatoms. The monoisotopic (exact) mass is 262 g/mol. The Morgan fingerprint density at radius 2 is 2.06 bits per heavy atom. The lowest BCUT2D eigenvalue weighted by Gasteiger charge is -2.26. The maximum Gasteiger partial charge on any atom is 0.142 e. The molecule has 1 atom stereocenters. The van der Waals surface area contributed by atoms with Crippen molar-refractivity contribution in [3.63, 3.8) is 0 Å². The first-order valence-corrected chi connectivity index (χ1v) is 6.42. The summed E-state index contributed by atoms with van der Waals surface area (Å²) in [5.74, 6) is 0.234. The van der Waals surface area contributed by atoms with Gasteiger partial charge in [-0.1, -0.05) is 37.9 Å². The maximum atomic E-state index is 13.3. The number of benzene rings is 1. The molecule has 0 heterocycles. The standard InChI is InChI=1S/C13H17Cl2F/c1-3-6-13(2,9-14)8-10-4-5-11(15)12(16)7-10/h4-5,7H,3,6,8-9H2,1-2H3. The molecule has 1 unspecified atom stereocenters. The van der Waals surface area contributed by atoms with Crippen molar-refractivity contribution >= 4 is 23.2 Å². The smallest absolute Gasteiger partial charge is 0.142 e. The van der Waals surface area contributed by atoms with Crippen LogP contribution in [0.15, 0.2) is 18.2 Å². The van der Waals surface area contributed by atoms with Crippen LogP contribution in [0.2, 0.25) is 5.02 Å². The third-order valence-electron chi connectivity index (χ3n) is 2.79. The molecule has 0 radical (unpaired) electrons. The Balaban J connectivity index is 2.81. The zero-order chi connectivity index (χ0) is 12.2. The maximum absolute atomic E-state index is 13.3. The van der Waals surface area contributed by atoms with Crippen molar-refractivity contribution in [2.45, 2.75) is 33.1 Å². The third-order valence-corrected chi connectivity index (χ3v) is 3.74. The van der Waals surface area contributed by atoms with Gasteiger partial charge in [0.2, 0.25) is 0 Å². The van der Waals surface area contributed by atoms with E-state index in [1.54, 1.807) is 6.07 Å². The highest BCUT2D eigenvalue weighted by Crippen LogP contribution is 2.30. The second kappa shape index (κ2) is 5.88. The highest BCUT2D eigenvalue weighted by molar-refractivity contribution is 6.30. The Hall–Kier alpha value is -0.270. The molecule has 0 fully saturated rings. The molecule has 1 aromatic rings. The summed E-state index contributed by atoms with van der Waals surface area (Å²) in [6, 6.07) is 4.97. The average molecular weight is 263 g/mol. The zero-order valence-electron chi connectivity index (χ0n) is 9.69. The summed E-state index contributed by atoms with van der Waals surface area (Å²) >= 11 is 11.6. The lowest BCUT2D eigenvalue weighted by Crippen LogP contribution is -2.21. The first kappa shape index (κ1) is 13.8. The van der Waals surface area contributed by atoms with E-state index in [9.17, 15) is 4.39 Å². The molecule has 1 aromatic carbocycles. The molecule has 0 spiro atoms. The highest BCUT2D eigenvalue weighted by atomic mass is 35.5. The van der Waals surface area contributed by atoms with Gasteiger partial charge in [0, 0.05) is 5.88 Å². The SMILES string of the molecule is CCCC(C)(CCl)Cc1ccc(Cl)c(F)c1. The molecule has 1 rings (SSSR count). The van der Waals surface area contributed by atoms with Gasteiger partial charge in [-0.2, -0.15) is 0 Å². The predicted octanol–water partition coefficient (Wildman–Crippen LogP) is 5.07. The Kier molecular flexibility index (Phi) is 5.07. The van der Waals surface area contributed by atoms with Crippen LogP contribution < -0.4 is 0 Å². The number of hydrogen-bond acceptors (Lipinski definition) is 0. The predicted molar refractivity (Wildman–Crippen MR) is 68.8 cm³/mol. The summed E-state index contributed by atoms with van der Waals surface area (Å²) in [6.45, 7) is 4.27. The van der Waals surface area contributed by atoms with Gasteiger partial charge in [0.25, 0.3) is 0 Å². The van der Waals surface area contributed by atoms with Crippen LogP contribution in [-0.4, -0.2) is 5.88 Å². The number of halogens is 3. The van der Waals surface area contributed by atoms with E-state index in [4.69, 9.17) is 23.2 Å². The van der Waals surface area contributed by atoms with Gasteiger partial charge < -0.3 is 0 Å². The molecule has 0 aliphatic rings. The number of hydrogen-bond donors (Lipinski definition) is 0. The Morgan fingerprint density at radius 1 is 1.38 bits per heavy atom. The summed E-state index contributed by atoms with van der Waals surface area (Å²) in [4.78, 5) is 0. The molecule has 0 aliphatic heterocycles. The summed E-state index contributed by atoms with van der Waals surface area (Å²) in [6.07, 6.45) is 2.92. The molecule has 0 saturated carbocycles. The van der Waals surface area contributed by atoms with Crippen LogP contribution in [0.4, 0.5) is 4.39 Å². The van der Waals surface area contributed by atoms with Gasteiger partial charge in [-0.25, -0.2) is 4.39 Å². The third kappa shape index (κ3) is 3.64. The molecule has 0 aromatic heterocycles. The van der Waals surface area contributed by atoms with Gasteiger partial charge in [-0.15, -0.1) is 11.6 Å². The summed E-state index contributed by atoms with van der Waals surface area (Å²) < 4.78 is 13.3. The van der Waals surface area contributed by atoms with Crippen LogP contribution >= 0.6 is 23.2 Å². The topological polar surface area (TPSA) is 0 Å². The lowest BCUT2D eigenvalue weighted by molar-refractivity contribution is 0.334. The van der Waals surface area contributed by atoms with Crippen molar-refractivity contribution in [3.8, 4) is 0 Å². The molecular weight excluding hydrogens is 246 g/mol. The normalized spacial score (nSPS) is 14.8. The first-order chi connectivity index (χ1) is 7.50. The molecule has 90 valence electrons. The number of rotatable bonds is 5. The molecule has 0 nitrogen and oxygen atoms in total. The van der Waals surface area contributed by atoms with Crippen molar-refractivity contribution in [1.29, 1.82) is 0 Å². The summed E-state index contributed by atoms with van der Waals surface area (Å²) in [7, 11) is 0. The Labute approximate surface area is 107 Å². The van der Waals surface area contributed by atoms with Gasteiger partial charge >= 0.3 is 0 Å². The Morgan fingerprint density at radius 3 is 2.56 bits per heavy atom. The molecule has 16 heavy (non-hydrogen) atoms. The van der Waals surface area contributed by atoms with Crippen LogP contribution in [-0.2, 0) is 6.42 Å². The molecular formula is C13H17Cl2F. The van der Waals surface area contributed by atoms with Crippen LogP contribution in [0.3, 0.4) is 0 Å². The molecule has 0 N–H and O–H groups in total.